The average molecular weight is 233 g/mol. The van der Waals surface area contributed by atoms with Crippen LogP contribution < -0.4 is 5.32 Å². The normalized spacial score (nSPS) is 12.8. The lowest BCUT2D eigenvalue weighted by atomic mass is 10.2. The first-order valence-corrected chi connectivity index (χ1v) is 5.94. The molecule has 2 heterocycles. The topological polar surface area (TPSA) is 47.7 Å². The maximum absolute atomic E-state index is 4.17. The summed E-state index contributed by atoms with van der Waals surface area (Å²) >= 11 is 0. The van der Waals surface area contributed by atoms with E-state index in [1.165, 1.54) is 5.69 Å². The van der Waals surface area contributed by atoms with E-state index >= 15 is 0 Å². The van der Waals surface area contributed by atoms with Crippen LogP contribution in [0.4, 0.5) is 0 Å². The molecule has 0 fully saturated rings. The molecule has 0 saturated carbocycles. The third-order valence-electron chi connectivity index (χ3n) is 2.91. The van der Waals surface area contributed by atoms with Gasteiger partial charge in [0.05, 0.1) is 12.0 Å². The van der Waals surface area contributed by atoms with Gasteiger partial charge in [0, 0.05) is 38.2 Å². The van der Waals surface area contributed by atoms with Crippen molar-refractivity contribution in [2.24, 2.45) is 7.05 Å². The number of hydrogen-bond acceptors (Lipinski definition) is 3. The molecule has 17 heavy (non-hydrogen) atoms. The first-order valence-electron chi connectivity index (χ1n) is 5.94. The minimum atomic E-state index is 0.338. The maximum Gasteiger partial charge on any atom is 0.0945 e. The molecule has 1 unspecified atom stereocenters. The second-order valence-corrected chi connectivity index (χ2v) is 4.21. The molecular weight excluding hydrogens is 214 g/mol. The van der Waals surface area contributed by atoms with Gasteiger partial charge in [0.1, 0.15) is 0 Å². The summed E-state index contributed by atoms with van der Waals surface area (Å²) in [5.74, 6) is 0. The third-order valence-corrected chi connectivity index (χ3v) is 2.91. The van der Waals surface area contributed by atoms with E-state index in [9.17, 15) is 0 Å². The predicted octanol–water partition coefficient (Wildman–Crippen LogP) is 1.36. The summed E-state index contributed by atoms with van der Waals surface area (Å²) in [7, 11) is 1.97. The Kier molecular flexibility index (Phi) is 3.93. The van der Waals surface area contributed by atoms with Crippen LogP contribution in [0.2, 0.25) is 0 Å². The molecule has 0 aromatic carbocycles. The molecule has 92 valence electrons. The van der Waals surface area contributed by atoms with Crippen molar-refractivity contribution in [1.82, 2.24) is 24.6 Å². The Hall–Kier alpha value is -1.62. The highest BCUT2D eigenvalue weighted by Gasteiger charge is 2.07. The summed E-state index contributed by atoms with van der Waals surface area (Å²) in [5.41, 5.74) is 1.22. The van der Waals surface area contributed by atoms with Crippen molar-refractivity contribution in [1.29, 1.82) is 0 Å². The summed E-state index contributed by atoms with van der Waals surface area (Å²) in [6.07, 6.45) is 8.58. The number of aryl methyl sites for hydroxylation is 2. The average Bonchev–Trinajstić information content (AvgIpc) is 2.95. The van der Waals surface area contributed by atoms with Crippen LogP contribution in [0.15, 0.2) is 31.0 Å². The van der Waals surface area contributed by atoms with Crippen LogP contribution in [0.5, 0.6) is 0 Å². The molecule has 0 aliphatic rings. The molecule has 5 nitrogen and oxygen atoms in total. The lowest BCUT2D eigenvalue weighted by Gasteiger charge is -2.14. The van der Waals surface area contributed by atoms with Crippen molar-refractivity contribution in [2.45, 2.75) is 25.9 Å². The lowest BCUT2D eigenvalue weighted by Crippen LogP contribution is -2.22. The van der Waals surface area contributed by atoms with E-state index in [0.717, 1.165) is 19.5 Å². The molecular formula is C12H19N5. The van der Waals surface area contributed by atoms with Crippen molar-refractivity contribution in [3.8, 4) is 0 Å². The molecule has 1 N–H and O–H groups in total. The van der Waals surface area contributed by atoms with Gasteiger partial charge >= 0.3 is 0 Å². The Bertz CT molecular complexity index is 431. The van der Waals surface area contributed by atoms with Crippen LogP contribution in [0.3, 0.4) is 0 Å². The Morgan fingerprint density at radius 3 is 2.94 bits per heavy atom. The van der Waals surface area contributed by atoms with Crippen molar-refractivity contribution in [3.63, 3.8) is 0 Å². The predicted molar refractivity (Wildman–Crippen MR) is 66.5 cm³/mol. The van der Waals surface area contributed by atoms with E-state index in [4.69, 9.17) is 0 Å². The summed E-state index contributed by atoms with van der Waals surface area (Å²) in [5, 5.41) is 7.66. The molecule has 0 radical (unpaired) electrons. The van der Waals surface area contributed by atoms with E-state index in [0.29, 0.717) is 6.04 Å². The Balaban J connectivity index is 1.70. The fourth-order valence-corrected chi connectivity index (χ4v) is 1.91. The number of hydrogen-bond donors (Lipinski definition) is 1. The van der Waals surface area contributed by atoms with E-state index in [1.54, 1.807) is 0 Å². The maximum atomic E-state index is 4.17. The minimum absolute atomic E-state index is 0.338. The minimum Gasteiger partial charge on any atom is -0.337 e. The second-order valence-electron chi connectivity index (χ2n) is 4.21. The largest absolute Gasteiger partial charge is 0.337 e. The highest BCUT2D eigenvalue weighted by molar-refractivity contribution is 5.04. The first kappa shape index (κ1) is 11.9. The third kappa shape index (κ3) is 3.17. The zero-order chi connectivity index (χ0) is 12.1. The SMILES string of the molecule is CC(NCCCn1ccnc1)c1ccnn1C. The first-order chi connectivity index (χ1) is 8.27. The molecule has 2 aromatic rings. The van der Waals surface area contributed by atoms with Crippen LogP contribution >= 0.6 is 0 Å². The molecule has 0 saturated heterocycles. The molecule has 0 spiro atoms. The van der Waals surface area contributed by atoms with Crippen LogP contribution in [-0.4, -0.2) is 25.9 Å². The van der Waals surface area contributed by atoms with Crippen LogP contribution in [0, 0.1) is 0 Å². The molecule has 0 amide bonds. The van der Waals surface area contributed by atoms with E-state index in [-0.39, 0.29) is 0 Å². The van der Waals surface area contributed by atoms with Gasteiger partial charge in [-0.05, 0) is 26.0 Å². The second kappa shape index (κ2) is 5.63. The standard InChI is InChI=1S/C12H19N5/c1-11(12-4-6-15-16(12)2)14-5-3-8-17-9-7-13-10-17/h4,6-7,9-11,14H,3,5,8H2,1-2H3. The number of aromatic nitrogens is 4. The smallest absolute Gasteiger partial charge is 0.0945 e. The monoisotopic (exact) mass is 233 g/mol. The van der Waals surface area contributed by atoms with Gasteiger partial charge in [0.15, 0.2) is 0 Å². The molecule has 1 atom stereocenters. The summed E-state index contributed by atoms with van der Waals surface area (Å²) in [4.78, 5) is 4.02. The van der Waals surface area contributed by atoms with Crippen LogP contribution in [0.25, 0.3) is 0 Å². The summed E-state index contributed by atoms with van der Waals surface area (Å²) < 4.78 is 4.00. The lowest BCUT2D eigenvalue weighted by molar-refractivity contribution is 0.501. The molecule has 2 aromatic heterocycles. The van der Waals surface area contributed by atoms with Crippen molar-refractivity contribution >= 4 is 0 Å². The van der Waals surface area contributed by atoms with Gasteiger partial charge in [-0.15, -0.1) is 0 Å². The van der Waals surface area contributed by atoms with Gasteiger partial charge in [-0.2, -0.15) is 5.10 Å². The van der Waals surface area contributed by atoms with E-state index in [2.05, 4.69) is 26.9 Å². The molecule has 0 bridgehead atoms. The zero-order valence-electron chi connectivity index (χ0n) is 10.4. The number of imidazole rings is 1. The fourth-order valence-electron chi connectivity index (χ4n) is 1.91. The highest BCUT2D eigenvalue weighted by atomic mass is 15.3. The van der Waals surface area contributed by atoms with Gasteiger partial charge in [-0.3, -0.25) is 4.68 Å². The van der Waals surface area contributed by atoms with Crippen LogP contribution in [0.1, 0.15) is 25.1 Å². The van der Waals surface area contributed by atoms with E-state index < -0.39 is 0 Å². The molecule has 5 heteroatoms. The molecule has 2 rings (SSSR count). The van der Waals surface area contributed by atoms with Gasteiger partial charge in [-0.1, -0.05) is 0 Å². The Morgan fingerprint density at radius 1 is 1.41 bits per heavy atom. The number of nitrogens with one attached hydrogen (secondary N) is 1. The van der Waals surface area contributed by atoms with Crippen molar-refractivity contribution in [3.05, 3.63) is 36.7 Å². The van der Waals surface area contributed by atoms with Gasteiger partial charge in [0.25, 0.3) is 0 Å². The van der Waals surface area contributed by atoms with Gasteiger partial charge < -0.3 is 9.88 Å². The number of nitrogens with zero attached hydrogens (tertiary/aromatic N) is 4. The fraction of sp³-hybridized carbons (Fsp3) is 0.500. The Labute approximate surface area is 101 Å². The summed E-state index contributed by atoms with van der Waals surface area (Å²) in [6.45, 7) is 4.16. The van der Waals surface area contributed by atoms with Crippen molar-refractivity contribution < 1.29 is 0 Å². The van der Waals surface area contributed by atoms with Gasteiger partial charge in [-0.25, -0.2) is 4.98 Å². The summed E-state index contributed by atoms with van der Waals surface area (Å²) in [6, 6.07) is 2.39. The van der Waals surface area contributed by atoms with Crippen LogP contribution in [-0.2, 0) is 13.6 Å². The number of rotatable bonds is 6. The zero-order valence-corrected chi connectivity index (χ0v) is 10.4. The van der Waals surface area contributed by atoms with Crippen molar-refractivity contribution in [2.75, 3.05) is 6.54 Å². The molecule has 0 aliphatic heterocycles. The molecule has 0 aliphatic carbocycles. The van der Waals surface area contributed by atoms with Gasteiger partial charge in [0.2, 0.25) is 0 Å². The quantitative estimate of drug-likeness (QED) is 0.766. The highest BCUT2D eigenvalue weighted by Crippen LogP contribution is 2.09. The Morgan fingerprint density at radius 2 is 2.29 bits per heavy atom. The van der Waals surface area contributed by atoms with E-state index in [1.807, 2.05) is 42.7 Å².